The second-order valence-corrected chi connectivity index (χ2v) is 2.92. The molecule has 7 heteroatoms. The van der Waals surface area contributed by atoms with Gasteiger partial charge in [-0.15, -0.1) is 5.10 Å². The zero-order chi connectivity index (χ0) is 9.97. The van der Waals surface area contributed by atoms with Crippen molar-refractivity contribution in [3.8, 4) is 0 Å². The molecule has 0 saturated carbocycles. The van der Waals surface area contributed by atoms with E-state index in [1.807, 2.05) is 0 Å². The summed E-state index contributed by atoms with van der Waals surface area (Å²) in [6.07, 6.45) is 3.83. The Morgan fingerprint density at radius 1 is 1.57 bits per heavy atom. The molecule has 2 aromatic rings. The highest BCUT2D eigenvalue weighted by molar-refractivity contribution is 4.97. The van der Waals surface area contributed by atoms with Gasteiger partial charge in [0.2, 0.25) is 0 Å². The molecule has 7 nitrogen and oxygen atoms in total. The van der Waals surface area contributed by atoms with Gasteiger partial charge in [0, 0.05) is 7.05 Å². The van der Waals surface area contributed by atoms with Crippen LogP contribution in [0.15, 0.2) is 18.9 Å². The second kappa shape index (κ2) is 3.54. The minimum Gasteiger partial charge on any atom is -0.385 e. The Bertz CT molecular complexity index is 394. The van der Waals surface area contributed by atoms with Gasteiger partial charge in [-0.25, -0.2) is 14.3 Å². The van der Waals surface area contributed by atoms with E-state index in [0.717, 1.165) is 0 Å². The number of hydrogen-bond acceptors (Lipinski definition) is 5. The van der Waals surface area contributed by atoms with Gasteiger partial charge in [-0.05, 0) is 0 Å². The van der Waals surface area contributed by atoms with Crippen LogP contribution in [0.25, 0.3) is 0 Å². The van der Waals surface area contributed by atoms with Crippen molar-refractivity contribution in [3.05, 3.63) is 24.5 Å². The summed E-state index contributed by atoms with van der Waals surface area (Å²) in [6.45, 7) is 0.348. The molecule has 0 aliphatic heterocycles. The number of aryl methyl sites for hydroxylation is 1. The monoisotopic (exact) mass is 194 g/mol. The Kier molecular flexibility index (Phi) is 2.23. The average Bonchev–Trinajstić information content (AvgIpc) is 2.75. The summed E-state index contributed by atoms with van der Waals surface area (Å²) in [5.41, 5.74) is 0.653. The van der Waals surface area contributed by atoms with E-state index in [2.05, 4.69) is 20.4 Å². The normalized spacial score (nSPS) is 13.0. The largest absolute Gasteiger partial charge is 0.385 e. The lowest BCUT2D eigenvalue weighted by molar-refractivity contribution is 0.142. The number of nitrogens with zero attached hydrogens (tertiary/aromatic N) is 6. The van der Waals surface area contributed by atoms with Gasteiger partial charge >= 0.3 is 0 Å². The lowest BCUT2D eigenvalue weighted by atomic mass is 10.3. The molecule has 1 N–H and O–H groups in total. The van der Waals surface area contributed by atoms with Gasteiger partial charge < -0.3 is 5.11 Å². The Morgan fingerprint density at radius 2 is 2.43 bits per heavy atom. The van der Waals surface area contributed by atoms with Crippen LogP contribution in [-0.2, 0) is 13.6 Å². The third kappa shape index (κ3) is 1.62. The van der Waals surface area contributed by atoms with Crippen LogP contribution in [0, 0.1) is 0 Å². The molecule has 2 rings (SSSR count). The van der Waals surface area contributed by atoms with E-state index in [1.165, 1.54) is 17.2 Å². The van der Waals surface area contributed by atoms with E-state index in [0.29, 0.717) is 12.2 Å². The average molecular weight is 194 g/mol. The minimum atomic E-state index is -0.670. The van der Waals surface area contributed by atoms with E-state index in [-0.39, 0.29) is 0 Å². The molecule has 0 bridgehead atoms. The number of rotatable bonds is 3. The first-order chi connectivity index (χ1) is 6.77. The van der Waals surface area contributed by atoms with Crippen molar-refractivity contribution < 1.29 is 5.11 Å². The molecule has 1 unspecified atom stereocenters. The van der Waals surface area contributed by atoms with E-state index in [4.69, 9.17) is 0 Å². The number of hydrogen-bond donors (Lipinski definition) is 1. The molecule has 14 heavy (non-hydrogen) atoms. The molecular formula is C7H10N6O. The summed E-state index contributed by atoms with van der Waals surface area (Å²) in [4.78, 5) is 3.78. The van der Waals surface area contributed by atoms with Gasteiger partial charge in [0.15, 0.2) is 0 Å². The van der Waals surface area contributed by atoms with Gasteiger partial charge in [0.25, 0.3) is 0 Å². The second-order valence-electron chi connectivity index (χ2n) is 2.92. The molecule has 2 aromatic heterocycles. The fourth-order valence-electron chi connectivity index (χ4n) is 1.20. The molecule has 2 heterocycles. The summed E-state index contributed by atoms with van der Waals surface area (Å²) < 4.78 is 3.08. The first-order valence-corrected chi connectivity index (χ1v) is 4.12. The molecular weight excluding hydrogens is 184 g/mol. The first kappa shape index (κ1) is 8.82. The predicted molar refractivity (Wildman–Crippen MR) is 46.0 cm³/mol. The molecule has 0 aliphatic carbocycles. The van der Waals surface area contributed by atoms with Crippen LogP contribution in [0.3, 0.4) is 0 Å². The summed E-state index contributed by atoms with van der Waals surface area (Å²) in [5, 5.41) is 21.1. The maximum atomic E-state index is 9.77. The molecule has 0 fully saturated rings. The molecule has 0 aromatic carbocycles. The van der Waals surface area contributed by atoms with Crippen molar-refractivity contribution in [2.75, 3.05) is 0 Å². The predicted octanol–water partition coefficient (Wildman–Crippen LogP) is -0.860. The quantitative estimate of drug-likeness (QED) is 0.687. The number of aromatic nitrogens is 6. The van der Waals surface area contributed by atoms with Crippen LogP contribution in [-0.4, -0.2) is 34.9 Å². The van der Waals surface area contributed by atoms with Crippen molar-refractivity contribution in [3.63, 3.8) is 0 Å². The van der Waals surface area contributed by atoms with E-state index < -0.39 is 6.10 Å². The van der Waals surface area contributed by atoms with Crippen molar-refractivity contribution in [2.24, 2.45) is 7.05 Å². The number of aliphatic hydroxyl groups is 1. The summed E-state index contributed by atoms with van der Waals surface area (Å²) >= 11 is 0. The highest BCUT2D eigenvalue weighted by Crippen LogP contribution is 2.11. The van der Waals surface area contributed by atoms with Crippen molar-refractivity contribution in [2.45, 2.75) is 12.6 Å². The maximum absolute atomic E-state index is 9.77. The van der Waals surface area contributed by atoms with Crippen molar-refractivity contribution in [1.29, 1.82) is 0 Å². The maximum Gasteiger partial charge on any atom is 0.137 e. The SMILES string of the molecule is Cn1nncc1C(O)Cn1cncn1. The first-order valence-electron chi connectivity index (χ1n) is 4.12. The van der Waals surface area contributed by atoms with Crippen LogP contribution < -0.4 is 0 Å². The van der Waals surface area contributed by atoms with E-state index in [9.17, 15) is 5.11 Å². The molecule has 0 spiro atoms. The molecule has 0 radical (unpaired) electrons. The Balaban J connectivity index is 2.10. The minimum absolute atomic E-state index is 0.348. The topological polar surface area (TPSA) is 81.6 Å². The third-order valence-corrected chi connectivity index (χ3v) is 1.92. The highest BCUT2D eigenvalue weighted by atomic mass is 16.3. The van der Waals surface area contributed by atoms with Crippen molar-refractivity contribution >= 4 is 0 Å². The molecule has 0 saturated heterocycles. The van der Waals surface area contributed by atoms with Crippen LogP contribution in [0.4, 0.5) is 0 Å². The smallest absolute Gasteiger partial charge is 0.137 e. The fourth-order valence-corrected chi connectivity index (χ4v) is 1.20. The lowest BCUT2D eigenvalue weighted by Gasteiger charge is -2.09. The number of aliphatic hydroxyl groups excluding tert-OH is 1. The van der Waals surface area contributed by atoms with E-state index in [1.54, 1.807) is 18.1 Å². The highest BCUT2D eigenvalue weighted by Gasteiger charge is 2.12. The zero-order valence-electron chi connectivity index (χ0n) is 7.65. The Labute approximate surface area is 80.0 Å². The van der Waals surface area contributed by atoms with Crippen LogP contribution in [0.5, 0.6) is 0 Å². The van der Waals surface area contributed by atoms with Gasteiger partial charge in [-0.1, -0.05) is 5.21 Å². The summed E-state index contributed by atoms with van der Waals surface area (Å²) in [7, 11) is 1.73. The zero-order valence-corrected chi connectivity index (χ0v) is 7.65. The van der Waals surface area contributed by atoms with Gasteiger partial charge in [-0.2, -0.15) is 5.10 Å². The molecule has 74 valence electrons. The standard InChI is InChI=1S/C7H10N6O/c1-12-6(2-9-11-12)7(14)3-13-5-8-4-10-13/h2,4-5,7,14H,3H2,1H3. The van der Waals surface area contributed by atoms with Crippen LogP contribution in [0.2, 0.25) is 0 Å². The van der Waals surface area contributed by atoms with Gasteiger partial charge in [0.1, 0.15) is 18.8 Å². The third-order valence-electron chi connectivity index (χ3n) is 1.92. The lowest BCUT2D eigenvalue weighted by Crippen LogP contribution is -2.12. The van der Waals surface area contributed by atoms with E-state index >= 15 is 0 Å². The van der Waals surface area contributed by atoms with Crippen LogP contribution in [0.1, 0.15) is 11.8 Å². The molecule has 1 atom stereocenters. The van der Waals surface area contributed by atoms with Gasteiger partial charge in [0.05, 0.1) is 18.4 Å². The van der Waals surface area contributed by atoms with Gasteiger partial charge in [-0.3, -0.25) is 0 Å². The Morgan fingerprint density at radius 3 is 3.00 bits per heavy atom. The van der Waals surface area contributed by atoms with Crippen molar-refractivity contribution in [1.82, 2.24) is 29.8 Å². The summed E-state index contributed by atoms with van der Waals surface area (Å²) in [6, 6.07) is 0. The Hall–Kier alpha value is -1.76. The molecule has 0 aliphatic rings. The summed E-state index contributed by atoms with van der Waals surface area (Å²) in [5.74, 6) is 0. The molecule has 0 amide bonds. The fraction of sp³-hybridized carbons (Fsp3) is 0.429. The van der Waals surface area contributed by atoms with Crippen LogP contribution >= 0.6 is 0 Å².